The highest BCUT2D eigenvalue weighted by atomic mass is 31.2. The smallest absolute Gasteiger partial charge is 0.306 e. The predicted molar refractivity (Wildman–Crippen MR) is 196 cm³/mol. The predicted octanol–water partition coefficient (Wildman–Crippen LogP) is 9.11. The van der Waals surface area contributed by atoms with Gasteiger partial charge in [-0.15, -0.1) is 0 Å². The minimum absolute atomic E-state index is 0.181. The lowest BCUT2D eigenvalue weighted by atomic mass is 10.0. The van der Waals surface area contributed by atoms with Crippen molar-refractivity contribution in [3.05, 3.63) is 0 Å². The molecule has 3 unspecified atom stereocenters. The van der Waals surface area contributed by atoms with E-state index in [-0.39, 0.29) is 19.4 Å². The SMILES string of the molecule is CCCCCCCCCCCCCCCC(=O)OC[C@H](COP(=O)([O-])OC[C@@H](O)CO)OC(=O)CCCCCCCC1CC1CCCCCC. The summed E-state index contributed by atoms with van der Waals surface area (Å²) in [7, 11) is -4.85. The van der Waals surface area contributed by atoms with E-state index in [1.807, 2.05) is 0 Å². The summed E-state index contributed by atoms with van der Waals surface area (Å²) in [4.78, 5) is 37.1. The summed E-state index contributed by atoms with van der Waals surface area (Å²) < 4.78 is 32.3. The molecule has 0 spiro atoms. The van der Waals surface area contributed by atoms with Crippen LogP contribution >= 0.6 is 7.82 Å². The zero-order valence-electron chi connectivity index (χ0n) is 31.8. The van der Waals surface area contributed by atoms with Gasteiger partial charge in [-0.3, -0.25) is 14.2 Å². The molecule has 1 fully saturated rings. The van der Waals surface area contributed by atoms with E-state index in [1.165, 1.54) is 109 Å². The molecule has 5 atom stereocenters. The summed E-state index contributed by atoms with van der Waals surface area (Å²) in [6, 6.07) is 0. The highest BCUT2D eigenvalue weighted by molar-refractivity contribution is 7.45. The molecule has 1 aliphatic rings. The third kappa shape index (κ3) is 28.5. The van der Waals surface area contributed by atoms with Crippen LogP contribution in [0.1, 0.15) is 187 Å². The fraction of sp³-hybridized carbons (Fsp3) is 0.949. The molecule has 2 N–H and O–H groups in total. The van der Waals surface area contributed by atoms with Crippen molar-refractivity contribution in [2.45, 2.75) is 199 Å². The first-order chi connectivity index (χ1) is 24.2. The Morgan fingerprint density at radius 3 is 1.56 bits per heavy atom. The van der Waals surface area contributed by atoms with Gasteiger partial charge in [-0.25, -0.2) is 0 Å². The monoisotopic (exact) mass is 734 g/mol. The van der Waals surface area contributed by atoms with Crippen LogP contribution in [-0.4, -0.2) is 60.8 Å². The van der Waals surface area contributed by atoms with E-state index < -0.39 is 51.8 Å². The number of rotatable bonds is 37. The maximum absolute atomic E-state index is 12.6. The largest absolute Gasteiger partial charge is 0.756 e. The van der Waals surface area contributed by atoms with Crippen LogP contribution in [0.15, 0.2) is 0 Å². The number of unbranched alkanes of at least 4 members (excludes halogenated alkanes) is 19. The van der Waals surface area contributed by atoms with Gasteiger partial charge in [-0.2, -0.15) is 0 Å². The highest BCUT2D eigenvalue weighted by Gasteiger charge is 2.35. The molecule has 50 heavy (non-hydrogen) atoms. The van der Waals surface area contributed by atoms with Crippen molar-refractivity contribution in [2.75, 3.05) is 26.4 Å². The lowest BCUT2D eigenvalue weighted by Gasteiger charge is -2.26. The Morgan fingerprint density at radius 2 is 1.06 bits per heavy atom. The van der Waals surface area contributed by atoms with E-state index in [0.717, 1.165) is 50.4 Å². The van der Waals surface area contributed by atoms with Gasteiger partial charge in [0.2, 0.25) is 0 Å². The number of carbonyl (C=O) groups is 2. The molecule has 1 aliphatic carbocycles. The molecular formula is C39H74O10P-. The lowest BCUT2D eigenvalue weighted by molar-refractivity contribution is -0.230. The van der Waals surface area contributed by atoms with Crippen LogP contribution in [-0.2, 0) is 32.7 Å². The number of esters is 2. The molecule has 0 aromatic heterocycles. The van der Waals surface area contributed by atoms with Crippen LogP contribution in [0.2, 0.25) is 0 Å². The molecule has 0 aromatic rings. The van der Waals surface area contributed by atoms with E-state index in [2.05, 4.69) is 18.4 Å². The highest BCUT2D eigenvalue weighted by Crippen LogP contribution is 2.45. The summed E-state index contributed by atoms with van der Waals surface area (Å²) in [6.07, 6.45) is 28.1. The fourth-order valence-electron chi connectivity index (χ4n) is 6.40. The molecule has 11 heteroatoms. The molecule has 0 radical (unpaired) electrons. The molecule has 0 aliphatic heterocycles. The average molecular weight is 734 g/mol. The molecule has 296 valence electrons. The Morgan fingerprint density at radius 1 is 0.640 bits per heavy atom. The second kappa shape index (κ2) is 31.5. The maximum atomic E-state index is 12.6. The minimum atomic E-state index is -4.85. The van der Waals surface area contributed by atoms with Crippen molar-refractivity contribution >= 4 is 19.8 Å². The number of phosphoric acid groups is 1. The normalized spacial score (nSPS) is 18.0. The van der Waals surface area contributed by atoms with Crippen molar-refractivity contribution in [3.8, 4) is 0 Å². The number of carbonyl (C=O) groups excluding carboxylic acids is 2. The van der Waals surface area contributed by atoms with Crippen molar-refractivity contribution in [3.63, 3.8) is 0 Å². The summed E-state index contributed by atoms with van der Waals surface area (Å²) >= 11 is 0. The van der Waals surface area contributed by atoms with Crippen molar-refractivity contribution in [1.29, 1.82) is 0 Å². The number of ether oxygens (including phenoxy) is 2. The van der Waals surface area contributed by atoms with Gasteiger partial charge in [-0.05, 0) is 31.1 Å². The Bertz CT molecular complexity index is 872. The van der Waals surface area contributed by atoms with Crippen LogP contribution in [0.5, 0.6) is 0 Å². The molecule has 0 bridgehead atoms. The molecule has 0 heterocycles. The van der Waals surface area contributed by atoms with Gasteiger partial charge in [-0.1, -0.05) is 155 Å². The Balaban J connectivity index is 2.27. The fourth-order valence-corrected chi connectivity index (χ4v) is 7.18. The minimum Gasteiger partial charge on any atom is -0.756 e. The zero-order chi connectivity index (χ0) is 36.7. The molecule has 0 aromatic carbocycles. The average Bonchev–Trinajstić information content (AvgIpc) is 3.86. The molecule has 1 rings (SSSR count). The molecular weight excluding hydrogens is 659 g/mol. The number of aliphatic hydroxyl groups is 2. The quantitative estimate of drug-likeness (QED) is 0.0359. The van der Waals surface area contributed by atoms with Gasteiger partial charge < -0.3 is 33.6 Å². The van der Waals surface area contributed by atoms with Crippen LogP contribution < -0.4 is 4.89 Å². The molecule has 0 saturated heterocycles. The van der Waals surface area contributed by atoms with E-state index in [9.17, 15) is 24.2 Å². The first kappa shape index (κ1) is 47.0. The van der Waals surface area contributed by atoms with Gasteiger partial charge in [0.25, 0.3) is 7.82 Å². The van der Waals surface area contributed by atoms with Gasteiger partial charge in [0.15, 0.2) is 6.10 Å². The third-order valence-corrected chi connectivity index (χ3v) is 10.7. The standard InChI is InChI=1S/C39H75O10P/c1-3-5-7-9-10-11-12-13-14-15-16-19-23-27-38(42)46-32-37(33-48-50(44,45)47-31-36(41)30-40)49-39(43)28-24-20-17-18-22-26-35-29-34(35)25-21-8-6-4-2/h34-37,40-41H,3-33H2,1-2H3,(H,44,45)/p-1/t34?,35?,36-,37+/m0/s1. The van der Waals surface area contributed by atoms with Crippen LogP contribution in [0.4, 0.5) is 0 Å². The number of hydrogen-bond donors (Lipinski definition) is 2. The number of phosphoric ester groups is 1. The van der Waals surface area contributed by atoms with E-state index >= 15 is 0 Å². The number of aliphatic hydroxyl groups excluding tert-OH is 2. The van der Waals surface area contributed by atoms with Crippen molar-refractivity contribution < 1.29 is 47.8 Å². The van der Waals surface area contributed by atoms with Crippen LogP contribution in [0.3, 0.4) is 0 Å². The summed E-state index contributed by atoms with van der Waals surface area (Å²) in [5.41, 5.74) is 0. The van der Waals surface area contributed by atoms with E-state index in [4.69, 9.17) is 19.1 Å². The summed E-state index contributed by atoms with van der Waals surface area (Å²) in [5, 5.41) is 18.2. The topological polar surface area (TPSA) is 152 Å². The van der Waals surface area contributed by atoms with Crippen molar-refractivity contribution in [2.24, 2.45) is 11.8 Å². The van der Waals surface area contributed by atoms with Gasteiger partial charge in [0.05, 0.1) is 19.8 Å². The first-order valence-corrected chi connectivity index (χ1v) is 21.9. The maximum Gasteiger partial charge on any atom is 0.306 e. The van der Waals surface area contributed by atoms with Crippen LogP contribution in [0.25, 0.3) is 0 Å². The summed E-state index contributed by atoms with van der Waals surface area (Å²) in [6.45, 7) is 2.23. The Hall–Kier alpha value is -1.03. The van der Waals surface area contributed by atoms with Gasteiger partial charge in [0.1, 0.15) is 12.7 Å². The van der Waals surface area contributed by atoms with E-state index in [0.29, 0.717) is 12.8 Å². The summed E-state index contributed by atoms with van der Waals surface area (Å²) in [5.74, 6) is 0.929. The second-order valence-corrected chi connectivity index (χ2v) is 16.0. The van der Waals surface area contributed by atoms with Gasteiger partial charge in [0, 0.05) is 12.8 Å². The molecule has 1 saturated carbocycles. The number of hydrogen-bond acceptors (Lipinski definition) is 10. The van der Waals surface area contributed by atoms with Gasteiger partial charge >= 0.3 is 11.9 Å². The molecule has 0 amide bonds. The Labute approximate surface area is 304 Å². The van der Waals surface area contributed by atoms with Crippen molar-refractivity contribution in [1.82, 2.24) is 0 Å². The second-order valence-electron chi connectivity index (χ2n) is 14.6. The Kier molecular flexibility index (Phi) is 29.6. The van der Waals surface area contributed by atoms with E-state index in [1.54, 1.807) is 0 Å². The first-order valence-electron chi connectivity index (χ1n) is 20.4. The van der Waals surface area contributed by atoms with Crippen LogP contribution in [0, 0.1) is 11.8 Å². The zero-order valence-corrected chi connectivity index (χ0v) is 32.7. The third-order valence-electron chi connectivity index (χ3n) is 9.72. The molecule has 10 nitrogen and oxygen atoms in total. The lowest BCUT2D eigenvalue weighted by Crippen LogP contribution is -2.30.